The topological polar surface area (TPSA) is 38.1 Å². The van der Waals surface area contributed by atoms with Crippen LogP contribution in [0.1, 0.15) is 34.1 Å². The standard InChI is InChI=1S/C21H16ClF6N3O/c1-2-30(12-13-4-3-5-14(10-13)20(23,24)25)19(32)17-11-29-31(18(17)21(26,27)28)16-8-6-15(22)7-9-16/h3-11H,2,12H2,1H3. The number of hydrogen-bond acceptors (Lipinski definition) is 2. The van der Waals surface area contributed by atoms with Gasteiger partial charge in [-0.15, -0.1) is 0 Å². The Labute approximate surface area is 184 Å². The Morgan fingerprint density at radius 3 is 2.25 bits per heavy atom. The first-order valence-electron chi connectivity index (χ1n) is 9.28. The lowest BCUT2D eigenvalue weighted by Gasteiger charge is -2.22. The Bertz CT molecular complexity index is 1110. The number of aromatic nitrogens is 2. The lowest BCUT2D eigenvalue weighted by atomic mass is 10.1. The van der Waals surface area contributed by atoms with E-state index in [1.165, 1.54) is 43.3 Å². The third-order valence-corrected chi connectivity index (χ3v) is 4.89. The zero-order valence-corrected chi connectivity index (χ0v) is 17.3. The molecular formula is C21H16ClF6N3O. The van der Waals surface area contributed by atoms with Gasteiger partial charge in [0.1, 0.15) is 0 Å². The molecule has 0 radical (unpaired) electrons. The van der Waals surface area contributed by atoms with Crippen molar-refractivity contribution < 1.29 is 31.1 Å². The molecule has 3 aromatic rings. The first-order valence-corrected chi connectivity index (χ1v) is 9.66. The van der Waals surface area contributed by atoms with Crippen LogP contribution < -0.4 is 0 Å². The van der Waals surface area contributed by atoms with Gasteiger partial charge < -0.3 is 4.90 Å². The van der Waals surface area contributed by atoms with E-state index in [2.05, 4.69) is 5.10 Å². The third kappa shape index (κ3) is 5.07. The summed E-state index contributed by atoms with van der Waals surface area (Å²) >= 11 is 5.78. The lowest BCUT2D eigenvalue weighted by Crippen LogP contribution is -2.32. The van der Waals surface area contributed by atoms with E-state index in [4.69, 9.17) is 11.6 Å². The molecule has 3 rings (SSSR count). The highest BCUT2D eigenvalue weighted by atomic mass is 35.5. The van der Waals surface area contributed by atoms with Crippen molar-refractivity contribution in [3.05, 3.63) is 82.1 Å². The van der Waals surface area contributed by atoms with Crippen LogP contribution >= 0.6 is 11.6 Å². The smallest absolute Gasteiger partial charge is 0.334 e. The minimum atomic E-state index is -4.92. The van der Waals surface area contributed by atoms with Crippen LogP contribution in [0, 0.1) is 0 Å². The van der Waals surface area contributed by atoms with Crippen LogP contribution in [-0.2, 0) is 18.9 Å². The summed E-state index contributed by atoms with van der Waals surface area (Å²) in [6, 6.07) is 9.68. The molecular weight excluding hydrogens is 460 g/mol. The molecule has 0 saturated carbocycles. The molecule has 0 N–H and O–H groups in total. The quantitative estimate of drug-likeness (QED) is 0.411. The molecule has 32 heavy (non-hydrogen) atoms. The van der Waals surface area contributed by atoms with E-state index in [9.17, 15) is 31.1 Å². The van der Waals surface area contributed by atoms with Gasteiger partial charge in [-0.3, -0.25) is 4.79 Å². The molecule has 0 aliphatic carbocycles. The second kappa shape index (κ2) is 8.85. The summed E-state index contributed by atoms with van der Waals surface area (Å²) in [5.74, 6) is -1.00. The van der Waals surface area contributed by atoms with E-state index < -0.39 is 35.1 Å². The SMILES string of the molecule is CCN(Cc1cccc(C(F)(F)F)c1)C(=O)c1cnn(-c2ccc(Cl)cc2)c1C(F)(F)F. The zero-order valence-electron chi connectivity index (χ0n) is 16.5. The summed E-state index contributed by atoms with van der Waals surface area (Å²) in [4.78, 5) is 14.0. The molecule has 0 aliphatic heterocycles. The van der Waals surface area contributed by atoms with E-state index >= 15 is 0 Å². The van der Waals surface area contributed by atoms with Gasteiger partial charge in [-0.2, -0.15) is 31.4 Å². The van der Waals surface area contributed by atoms with Crippen molar-refractivity contribution >= 4 is 17.5 Å². The van der Waals surface area contributed by atoms with Crippen molar-refractivity contribution in [2.45, 2.75) is 25.8 Å². The average molecular weight is 476 g/mol. The first kappa shape index (κ1) is 23.6. The molecule has 0 aliphatic rings. The molecule has 1 aromatic heterocycles. The summed E-state index contributed by atoms with van der Waals surface area (Å²) in [7, 11) is 0. The van der Waals surface area contributed by atoms with E-state index in [1.54, 1.807) is 0 Å². The Morgan fingerprint density at radius 1 is 1.03 bits per heavy atom. The van der Waals surface area contributed by atoms with Crippen LogP contribution in [0.25, 0.3) is 5.69 Å². The fraction of sp³-hybridized carbons (Fsp3) is 0.238. The maximum absolute atomic E-state index is 13.9. The molecule has 4 nitrogen and oxygen atoms in total. The van der Waals surface area contributed by atoms with Gasteiger partial charge in [0.25, 0.3) is 5.91 Å². The summed E-state index contributed by atoms with van der Waals surface area (Å²) < 4.78 is 81.1. The predicted octanol–water partition coefficient (Wildman–Crippen LogP) is 6.23. The Balaban J connectivity index is 1.98. The van der Waals surface area contributed by atoms with Gasteiger partial charge in [0.05, 0.1) is 23.0 Å². The van der Waals surface area contributed by atoms with Crippen molar-refractivity contribution in [2.75, 3.05) is 6.54 Å². The molecule has 2 aromatic carbocycles. The van der Waals surface area contributed by atoms with Crippen LogP contribution in [-0.4, -0.2) is 27.1 Å². The molecule has 0 bridgehead atoms. The Morgan fingerprint density at radius 2 is 1.69 bits per heavy atom. The summed E-state index contributed by atoms with van der Waals surface area (Å²) in [5.41, 5.74) is -2.73. The van der Waals surface area contributed by atoms with Crippen molar-refractivity contribution in [2.24, 2.45) is 0 Å². The number of rotatable bonds is 5. The number of benzene rings is 2. The molecule has 0 fully saturated rings. The Kier molecular flexibility index (Phi) is 6.54. The van der Waals surface area contributed by atoms with Crippen LogP contribution in [0.15, 0.2) is 54.7 Å². The fourth-order valence-corrected chi connectivity index (χ4v) is 3.25. The van der Waals surface area contributed by atoms with Gasteiger partial charge in [-0.1, -0.05) is 23.7 Å². The third-order valence-electron chi connectivity index (χ3n) is 4.64. The van der Waals surface area contributed by atoms with Crippen molar-refractivity contribution in [1.82, 2.24) is 14.7 Å². The van der Waals surface area contributed by atoms with E-state index in [0.29, 0.717) is 9.70 Å². The second-order valence-electron chi connectivity index (χ2n) is 6.81. The van der Waals surface area contributed by atoms with Crippen molar-refractivity contribution in [3.63, 3.8) is 0 Å². The fourth-order valence-electron chi connectivity index (χ4n) is 3.12. The van der Waals surface area contributed by atoms with Gasteiger partial charge in [0, 0.05) is 18.1 Å². The van der Waals surface area contributed by atoms with Gasteiger partial charge in [-0.05, 0) is 48.9 Å². The molecule has 1 amide bonds. The van der Waals surface area contributed by atoms with E-state index in [1.807, 2.05) is 0 Å². The molecule has 0 atom stereocenters. The molecule has 170 valence electrons. The minimum absolute atomic E-state index is 0.0293. The summed E-state index contributed by atoms with van der Waals surface area (Å²) in [6.07, 6.45) is -8.70. The van der Waals surface area contributed by atoms with Crippen LogP contribution in [0.4, 0.5) is 26.3 Å². The number of carbonyl (C=O) groups excluding carboxylic acids is 1. The predicted molar refractivity (Wildman–Crippen MR) is 105 cm³/mol. The molecule has 0 unspecified atom stereocenters. The normalized spacial score (nSPS) is 12.1. The van der Waals surface area contributed by atoms with Crippen LogP contribution in [0.2, 0.25) is 5.02 Å². The second-order valence-corrected chi connectivity index (χ2v) is 7.25. The van der Waals surface area contributed by atoms with E-state index in [0.717, 1.165) is 23.2 Å². The van der Waals surface area contributed by atoms with Gasteiger partial charge >= 0.3 is 12.4 Å². The minimum Gasteiger partial charge on any atom is -0.334 e. The number of amides is 1. The maximum Gasteiger partial charge on any atom is 0.434 e. The highest BCUT2D eigenvalue weighted by Gasteiger charge is 2.41. The summed E-state index contributed by atoms with van der Waals surface area (Å²) in [6.45, 7) is 1.18. The number of carbonyl (C=O) groups is 1. The molecule has 11 heteroatoms. The van der Waals surface area contributed by atoms with Gasteiger partial charge in [0.2, 0.25) is 0 Å². The zero-order chi connectivity index (χ0) is 23.7. The highest BCUT2D eigenvalue weighted by molar-refractivity contribution is 6.30. The van der Waals surface area contributed by atoms with Crippen molar-refractivity contribution in [3.8, 4) is 5.69 Å². The lowest BCUT2D eigenvalue weighted by molar-refractivity contribution is -0.143. The van der Waals surface area contributed by atoms with E-state index in [-0.39, 0.29) is 24.3 Å². The van der Waals surface area contributed by atoms with Crippen LogP contribution in [0.3, 0.4) is 0 Å². The van der Waals surface area contributed by atoms with Gasteiger partial charge in [0.15, 0.2) is 5.69 Å². The maximum atomic E-state index is 13.9. The number of hydrogen-bond donors (Lipinski definition) is 0. The average Bonchev–Trinajstić information content (AvgIpc) is 3.17. The number of halogens is 7. The number of alkyl halides is 6. The van der Waals surface area contributed by atoms with Crippen molar-refractivity contribution in [1.29, 1.82) is 0 Å². The molecule has 1 heterocycles. The first-order chi connectivity index (χ1) is 14.9. The largest absolute Gasteiger partial charge is 0.434 e. The molecule has 0 spiro atoms. The Hall–Kier alpha value is -3.01. The molecule has 0 saturated heterocycles. The number of nitrogens with zero attached hydrogens (tertiary/aromatic N) is 3. The highest BCUT2D eigenvalue weighted by Crippen LogP contribution is 2.35. The summed E-state index contributed by atoms with van der Waals surface area (Å²) in [5, 5.41) is 4.04. The monoisotopic (exact) mass is 475 g/mol. The van der Waals surface area contributed by atoms with Crippen LogP contribution in [0.5, 0.6) is 0 Å². The van der Waals surface area contributed by atoms with Gasteiger partial charge in [-0.25, -0.2) is 4.68 Å².